The summed E-state index contributed by atoms with van der Waals surface area (Å²) in [5, 5.41) is 27.0. The van der Waals surface area contributed by atoms with Crippen LogP contribution >= 0.6 is 11.8 Å². The van der Waals surface area contributed by atoms with Crippen molar-refractivity contribution in [2.75, 3.05) is 5.73 Å². The van der Waals surface area contributed by atoms with Crippen molar-refractivity contribution < 1.29 is 0 Å². The number of nitriles is 2. The molecule has 0 amide bonds. The fourth-order valence-electron chi connectivity index (χ4n) is 2.12. The monoisotopic (exact) mass is 311 g/mol. The number of nitrogen functional groups attached to an aromatic ring is 1. The van der Waals surface area contributed by atoms with Gasteiger partial charge in [0.15, 0.2) is 0 Å². The van der Waals surface area contributed by atoms with Gasteiger partial charge in [-0.2, -0.15) is 10.5 Å². The first-order valence-electron chi connectivity index (χ1n) is 6.75. The van der Waals surface area contributed by atoms with Gasteiger partial charge in [0.1, 0.15) is 34.6 Å². The number of anilines is 1. The van der Waals surface area contributed by atoms with E-state index >= 15 is 0 Å². The molecule has 0 bridgehead atoms. The molecule has 0 atom stereocenters. The summed E-state index contributed by atoms with van der Waals surface area (Å²) in [6, 6.07) is 5.45. The second-order valence-corrected chi connectivity index (χ2v) is 6.06. The third kappa shape index (κ3) is 2.61. The van der Waals surface area contributed by atoms with Crippen molar-refractivity contribution in [3.8, 4) is 12.1 Å². The van der Waals surface area contributed by atoms with Crippen LogP contribution in [0.3, 0.4) is 0 Å². The number of aromatic nitrogens is 4. The minimum Gasteiger partial charge on any atom is -0.383 e. The van der Waals surface area contributed by atoms with E-state index in [9.17, 15) is 5.26 Å². The van der Waals surface area contributed by atoms with Crippen molar-refractivity contribution in [2.45, 2.75) is 29.5 Å². The number of hydrogen-bond donors (Lipinski definition) is 1. The standard InChI is InChI=1S/C14H13N7S/c1-21-11(19-20-13(21)8-2-3-8)7-22-14-10(6-16)4-9(5-15)12(17)18-14/h4,8H,2-3,7H2,1H3,(H2,17,18). The number of nitrogens with zero attached hydrogens (tertiary/aromatic N) is 6. The lowest BCUT2D eigenvalue weighted by Gasteiger charge is -2.06. The molecule has 0 unspecified atom stereocenters. The molecule has 0 aliphatic heterocycles. The predicted molar refractivity (Wildman–Crippen MR) is 80.6 cm³/mol. The average molecular weight is 311 g/mol. The Morgan fingerprint density at radius 2 is 2.05 bits per heavy atom. The fraction of sp³-hybridized carbons (Fsp3) is 0.357. The van der Waals surface area contributed by atoms with E-state index in [0.717, 1.165) is 11.6 Å². The highest BCUT2D eigenvalue weighted by atomic mass is 32.2. The first kappa shape index (κ1) is 14.4. The number of pyridine rings is 1. The zero-order chi connectivity index (χ0) is 15.7. The summed E-state index contributed by atoms with van der Waals surface area (Å²) in [5.74, 6) is 3.07. The zero-order valence-corrected chi connectivity index (χ0v) is 12.8. The molecule has 3 rings (SSSR count). The number of thioether (sulfide) groups is 1. The third-order valence-corrected chi connectivity index (χ3v) is 4.52. The van der Waals surface area contributed by atoms with Gasteiger partial charge < -0.3 is 10.3 Å². The van der Waals surface area contributed by atoms with Crippen LogP contribution in [0, 0.1) is 22.7 Å². The van der Waals surface area contributed by atoms with Crippen LogP contribution in [0.15, 0.2) is 11.1 Å². The van der Waals surface area contributed by atoms with E-state index in [1.54, 1.807) is 0 Å². The van der Waals surface area contributed by atoms with Gasteiger partial charge in [-0.3, -0.25) is 0 Å². The van der Waals surface area contributed by atoms with Crippen molar-refractivity contribution >= 4 is 17.6 Å². The number of hydrogen-bond acceptors (Lipinski definition) is 7. The third-order valence-electron chi connectivity index (χ3n) is 3.54. The van der Waals surface area contributed by atoms with Crippen LogP contribution in [0.25, 0.3) is 0 Å². The van der Waals surface area contributed by atoms with Crippen LogP contribution in [0.1, 0.15) is 41.5 Å². The summed E-state index contributed by atoms with van der Waals surface area (Å²) in [6.45, 7) is 0. The van der Waals surface area contributed by atoms with E-state index in [1.165, 1.54) is 30.7 Å². The largest absolute Gasteiger partial charge is 0.383 e. The molecular weight excluding hydrogens is 298 g/mol. The molecule has 1 aliphatic carbocycles. The van der Waals surface area contributed by atoms with Crippen LogP contribution in [0.4, 0.5) is 5.82 Å². The van der Waals surface area contributed by atoms with E-state index in [4.69, 9.17) is 11.0 Å². The Morgan fingerprint density at radius 3 is 2.68 bits per heavy atom. The minimum atomic E-state index is 0.139. The SMILES string of the molecule is Cn1c(CSc2nc(N)c(C#N)cc2C#N)nnc1C1CC1. The van der Waals surface area contributed by atoms with Gasteiger partial charge in [0, 0.05) is 13.0 Å². The van der Waals surface area contributed by atoms with Crippen molar-refractivity contribution in [1.29, 1.82) is 10.5 Å². The topological polar surface area (TPSA) is 117 Å². The molecule has 0 radical (unpaired) electrons. The van der Waals surface area contributed by atoms with Gasteiger partial charge in [0.05, 0.1) is 16.9 Å². The number of rotatable bonds is 4. The first-order valence-corrected chi connectivity index (χ1v) is 7.74. The van der Waals surface area contributed by atoms with E-state index in [2.05, 4.69) is 15.2 Å². The van der Waals surface area contributed by atoms with Crippen LogP contribution in [-0.2, 0) is 12.8 Å². The van der Waals surface area contributed by atoms with Gasteiger partial charge in [0.25, 0.3) is 0 Å². The molecule has 22 heavy (non-hydrogen) atoms. The molecule has 7 nitrogen and oxygen atoms in total. The molecule has 0 spiro atoms. The van der Waals surface area contributed by atoms with Gasteiger partial charge >= 0.3 is 0 Å². The lowest BCUT2D eigenvalue weighted by molar-refractivity contribution is 0.774. The van der Waals surface area contributed by atoms with Crippen LogP contribution in [-0.4, -0.2) is 19.7 Å². The maximum atomic E-state index is 9.18. The lowest BCUT2D eigenvalue weighted by atomic mass is 10.2. The Balaban J connectivity index is 1.81. The Labute approximate surface area is 131 Å². The molecular formula is C14H13N7S. The van der Waals surface area contributed by atoms with E-state index in [1.807, 2.05) is 23.8 Å². The minimum absolute atomic E-state index is 0.139. The molecule has 0 saturated heterocycles. The second-order valence-electron chi connectivity index (χ2n) is 5.09. The second kappa shape index (κ2) is 5.66. The maximum Gasteiger partial charge on any atom is 0.143 e. The summed E-state index contributed by atoms with van der Waals surface area (Å²) in [4.78, 5) is 4.15. The Kier molecular flexibility index (Phi) is 3.70. The molecule has 2 N–H and O–H groups in total. The average Bonchev–Trinajstić information content (AvgIpc) is 3.29. The summed E-state index contributed by atoms with van der Waals surface area (Å²) in [5.41, 5.74) is 6.28. The van der Waals surface area contributed by atoms with Crippen molar-refractivity contribution in [3.63, 3.8) is 0 Å². The summed E-state index contributed by atoms with van der Waals surface area (Å²) in [7, 11) is 1.95. The Hall–Kier alpha value is -2.58. The summed E-state index contributed by atoms with van der Waals surface area (Å²) in [6.07, 6.45) is 2.34. The van der Waals surface area contributed by atoms with Gasteiger partial charge in [0.2, 0.25) is 0 Å². The maximum absolute atomic E-state index is 9.18. The Morgan fingerprint density at radius 1 is 1.32 bits per heavy atom. The van der Waals surface area contributed by atoms with Crippen molar-refractivity contribution in [3.05, 3.63) is 28.8 Å². The van der Waals surface area contributed by atoms with Crippen LogP contribution in [0.5, 0.6) is 0 Å². The predicted octanol–water partition coefficient (Wildman–Crippen LogP) is 1.71. The number of nitrogens with two attached hydrogens (primary N) is 1. The van der Waals surface area contributed by atoms with Gasteiger partial charge in [-0.15, -0.1) is 10.2 Å². The van der Waals surface area contributed by atoms with E-state index < -0.39 is 0 Å². The molecule has 1 saturated carbocycles. The summed E-state index contributed by atoms with van der Waals surface area (Å²) < 4.78 is 2.00. The van der Waals surface area contributed by atoms with Crippen LogP contribution in [0.2, 0.25) is 0 Å². The van der Waals surface area contributed by atoms with Gasteiger partial charge in [-0.25, -0.2) is 4.98 Å². The van der Waals surface area contributed by atoms with Crippen molar-refractivity contribution in [1.82, 2.24) is 19.7 Å². The fourth-order valence-corrected chi connectivity index (χ4v) is 3.06. The molecule has 1 fully saturated rings. The Bertz CT molecular complexity index is 808. The van der Waals surface area contributed by atoms with Crippen molar-refractivity contribution in [2.24, 2.45) is 7.05 Å². The van der Waals surface area contributed by atoms with Gasteiger partial charge in [-0.05, 0) is 18.9 Å². The highest BCUT2D eigenvalue weighted by molar-refractivity contribution is 7.98. The van der Waals surface area contributed by atoms with Crippen LogP contribution < -0.4 is 5.73 Å². The quantitative estimate of drug-likeness (QED) is 0.854. The molecule has 2 aromatic rings. The van der Waals surface area contributed by atoms with E-state index in [-0.39, 0.29) is 11.4 Å². The highest BCUT2D eigenvalue weighted by Gasteiger charge is 2.29. The molecule has 110 valence electrons. The molecule has 8 heteroatoms. The zero-order valence-electron chi connectivity index (χ0n) is 11.9. The highest BCUT2D eigenvalue weighted by Crippen LogP contribution is 2.39. The lowest BCUT2D eigenvalue weighted by Crippen LogP contribution is -2.02. The smallest absolute Gasteiger partial charge is 0.143 e. The molecule has 2 aromatic heterocycles. The summed E-state index contributed by atoms with van der Waals surface area (Å²) >= 11 is 1.37. The van der Waals surface area contributed by atoms with Gasteiger partial charge in [-0.1, -0.05) is 11.8 Å². The normalized spacial score (nSPS) is 13.6. The molecule has 1 aliphatic rings. The van der Waals surface area contributed by atoms with E-state index in [0.29, 0.717) is 22.3 Å². The molecule has 0 aromatic carbocycles. The first-order chi connectivity index (χ1) is 10.6. The molecule has 2 heterocycles.